The number of rotatable bonds is 5. The summed E-state index contributed by atoms with van der Waals surface area (Å²) >= 11 is 0. The van der Waals surface area contributed by atoms with Crippen LogP contribution in [0.2, 0.25) is 0 Å². The highest BCUT2D eigenvalue weighted by molar-refractivity contribution is 6.02. The van der Waals surface area contributed by atoms with E-state index in [0.717, 1.165) is 6.07 Å². The third-order valence-corrected chi connectivity index (χ3v) is 4.19. The quantitative estimate of drug-likeness (QED) is 0.512. The number of furan rings is 1. The third-order valence-electron chi connectivity index (χ3n) is 4.19. The summed E-state index contributed by atoms with van der Waals surface area (Å²) in [6.45, 7) is 0. The van der Waals surface area contributed by atoms with Crippen molar-refractivity contribution in [3.63, 3.8) is 0 Å². The molecule has 0 saturated carbocycles. The SMILES string of the molecule is COc1cc(NC(=O)c2nc3nc(-c4ccco4)cc(C(F)(F)F)n3n2)cc(OC)c1. The summed E-state index contributed by atoms with van der Waals surface area (Å²) in [5, 5.41) is 6.20. The number of benzene rings is 1. The molecule has 9 nitrogen and oxygen atoms in total. The molecule has 1 amide bonds. The first-order chi connectivity index (χ1) is 14.8. The number of ether oxygens (including phenoxy) is 2. The number of halogens is 3. The molecule has 31 heavy (non-hydrogen) atoms. The molecule has 0 atom stereocenters. The second-order valence-electron chi connectivity index (χ2n) is 6.20. The Morgan fingerprint density at radius 1 is 1.10 bits per heavy atom. The third kappa shape index (κ3) is 3.99. The van der Waals surface area contributed by atoms with Crippen molar-refractivity contribution >= 4 is 17.4 Å². The largest absolute Gasteiger partial charge is 0.497 e. The lowest BCUT2D eigenvalue weighted by Gasteiger charge is -2.09. The minimum Gasteiger partial charge on any atom is -0.497 e. The summed E-state index contributed by atoms with van der Waals surface area (Å²) in [4.78, 5) is 20.5. The minimum absolute atomic E-state index is 0.0956. The highest BCUT2D eigenvalue weighted by Crippen LogP contribution is 2.32. The van der Waals surface area contributed by atoms with E-state index in [1.807, 2.05) is 0 Å². The highest BCUT2D eigenvalue weighted by atomic mass is 19.4. The summed E-state index contributed by atoms with van der Waals surface area (Å²) in [7, 11) is 2.87. The van der Waals surface area contributed by atoms with Gasteiger partial charge in [0.05, 0.1) is 20.5 Å². The molecule has 4 rings (SSSR count). The van der Waals surface area contributed by atoms with Gasteiger partial charge in [0.2, 0.25) is 5.82 Å². The van der Waals surface area contributed by atoms with Crippen LogP contribution in [0.3, 0.4) is 0 Å². The Morgan fingerprint density at radius 2 is 1.81 bits per heavy atom. The Morgan fingerprint density at radius 3 is 2.39 bits per heavy atom. The van der Waals surface area contributed by atoms with E-state index in [1.54, 1.807) is 6.07 Å². The normalized spacial score (nSPS) is 11.5. The number of carbonyl (C=O) groups excluding carboxylic acids is 1. The zero-order valence-electron chi connectivity index (χ0n) is 16.1. The number of nitrogens with zero attached hydrogens (tertiary/aromatic N) is 4. The molecule has 0 aliphatic rings. The first-order valence-electron chi connectivity index (χ1n) is 8.72. The van der Waals surface area contributed by atoms with E-state index in [4.69, 9.17) is 13.9 Å². The number of amides is 1. The van der Waals surface area contributed by atoms with E-state index < -0.39 is 29.4 Å². The van der Waals surface area contributed by atoms with Crippen LogP contribution in [-0.2, 0) is 6.18 Å². The van der Waals surface area contributed by atoms with Crippen LogP contribution in [0.4, 0.5) is 18.9 Å². The van der Waals surface area contributed by atoms with Crippen molar-refractivity contribution in [3.05, 3.63) is 54.2 Å². The van der Waals surface area contributed by atoms with Gasteiger partial charge in [-0.2, -0.15) is 22.7 Å². The van der Waals surface area contributed by atoms with Gasteiger partial charge in [0.15, 0.2) is 11.5 Å². The van der Waals surface area contributed by atoms with Gasteiger partial charge in [-0.05, 0) is 18.2 Å². The lowest BCUT2D eigenvalue weighted by Crippen LogP contribution is -2.16. The molecule has 3 heterocycles. The average Bonchev–Trinajstić information content (AvgIpc) is 3.41. The standard InChI is InChI=1S/C19H14F3N5O4/c1-29-11-6-10(7-12(8-11)30-2)23-17(28)16-25-18-24-13(14-4-3-5-31-14)9-15(19(20,21)22)27(18)26-16/h3-9H,1-2H3,(H,23,28). The maximum Gasteiger partial charge on any atom is 0.433 e. The molecule has 0 fully saturated rings. The zero-order valence-corrected chi connectivity index (χ0v) is 16.1. The van der Waals surface area contributed by atoms with Gasteiger partial charge >= 0.3 is 6.18 Å². The number of anilines is 1. The summed E-state index contributed by atoms with van der Waals surface area (Å²) in [5.74, 6) is -0.826. The second-order valence-corrected chi connectivity index (χ2v) is 6.20. The van der Waals surface area contributed by atoms with Gasteiger partial charge in [-0.25, -0.2) is 4.98 Å². The fourth-order valence-electron chi connectivity index (χ4n) is 2.78. The van der Waals surface area contributed by atoms with E-state index in [2.05, 4.69) is 20.4 Å². The summed E-state index contributed by atoms with van der Waals surface area (Å²) in [6, 6.07) is 8.34. The Hall–Kier alpha value is -4.09. The van der Waals surface area contributed by atoms with E-state index >= 15 is 0 Å². The van der Waals surface area contributed by atoms with E-state index in [9.17, 15) is 18.0 Å². The van der Waals surface area contributed by atoms with Crippen molar-refractivity contribution in [1.29, 1.82) is 0 Å². The molecule has 0 spiro atoms. The monoisotopic (exact) mass is 433 g/mol. The Kier molecular flexibility index (Phi) is 4.97. The predicted octanol–water partition coefficient (Wildman–Crippen LogP) is 3.67. The predicted molar refractivity (Wildman–Crippen MR) is 101 cm³/mol. The van der Waals surface area contributed by atoms with Gasteiger partial charge < -0.3 is 19.2 Å². The van der Waals surface area contributed by atoms with Gasteiger partial charge in [-0.1, -0.05) is 0 Å². The molecule has 4 aromatic rings. The minimum atomic E-state index is -4.77. The van der Waals surface area contributed by atoms with Crippen molar-refractivity contribution < 1.29 is 31.9 Å². The topological polar surface area (TPSA) is 104 Å². The molecule has 0 bridgehead atoms. The molecule has 0 unspecified atom stereocenters. The second kappa shape index (κ2) is 7.63. The van der Waals surface area contributed by atoms with Gasteiger partial charge in [0.1, 0.15) is 17.2 Å². The van der Waals surface area contributed by atoms with Gasteiger partial charge in [-0.15, -0.1) is 5.10 Å². The molecule has 1 N–H and O–H groups in total. The van der Waals surface area contributed by atoms with Crippen LogP contribution in [-0.4, -0.2) is 39.7 Å². The van der Waals surface area contributed by atoms with Gasteiger partial charge in [-0.3, -0.25) is 4.79 Å². The van der Waals surface area contributed by atoms with Gasteiger partial charge in [0.25, 0.3) is 11.7 Å². The molecule has 0 aliphatic heterocycles. The van der Waals surface area contributed by atoms with Crippen LogP contribution in [0.25, 0.3) is 17.2 Å². The maximum absolute atomic E-state index is 13.6. The summed E-state index contributed by atoms with van der Waals surface area (Å²) < 4.78 is 56.6. The number of hydrogen-bond donors (Lipinski definition) is 1. The molecule has 0 saturated heterocycles. The van der Waals surface area contributed by atoms with Crippen molar-refractivity contribution in [2.45, 2.75) is 6.18 Å². The lowest BCUT2D eigenvalue weighted by atomic mass is 10.2. The van der Waals surface area contributed by atoms with Crippen LogP contribution in [0.5, 0.6) is 11.5 Å². The Labute approximate surface area is 172 Å². The number of nitrogens with one attached hydrogen (secondary N) is 1. The van der Waals surface area contributed by atoms with Crippen LogP contribution < -0.4 is 14.8 Å². The summed E-state index contributed by atoms with van der Waals surface area (Å²) in [5.41, 5.74) is -0.972. The summed E-state index contributed by atoms with van der Waals surface area (Å²) in [6.07, 6.45) is -3.47. The van der Waals surface area contributed by atoms with E-state index in [-0.39, 0.29) is 17.1 Å². The van der Waals surface area contributed by atoms with Crippen molar-refractivity contribution in [3.8, 4) is 23.0 Å². The molecular weight excluding hydrogens is 419 g/mol. The fraction of sp³-hybridized carbons (Fsp3) is 0.158. The number of fused-ring (bicyclic) bond motifs is 1. The number of carbonyl (C=O) groups is 1. The first-order valence-corrected chi connectivity index (χ1v) is 8.72. The smallest absolute Gasteiger partial charge is 0.433 e. The van der Waals surface area contributed by atoms with Crippen molar-refractivity contribution in [2.75, 3.05) is 19.5 Å². The van der Waals surface area contributed by atoms with E-state index in [1.165, 1.54) is 44.7 Å². The number of alkyl halides is 3. The van der Waals surface area contributed by atoms with Crippen LogP contribution >= 0.6 is 0 Å². The maximum atomic E-state index is 13.6. The molecular formula is C19H14F3N5O4. The molecule has 0 radical (unpaired) electrons. The van der Waals surface area contributed by atoms with Crippen molar-refractivity contribution in [2.24, 2.45) is 0 Å². The van der Waals surface area contributed by atoms with Crippen molar-refractivity contribution in [1.82, 2.24) is 19.6 Å². The zero-order chi connectivity index (χ0) is 22.2. The number of aromatic nitrogens is 4. The van der Waals surface area contributed by atoms with Crippen LogP contribution in [0, 0.1) is 0 Å². The lowest BCUT2D eigenvalue weighted by molar-refractivity contribution is -0.142. The Bertz CT molecular complexity index is 1230. The fourth-order valence-corrected chi connectivity index (χ4v) is 2.78. The number of methoxy groups -OCH3 is 2. The molecule has 160 valence electrons. The van der Waals surface area contributed by atoms with Crippen LogP contribution in [0.15, 0.2) is 47.1 Å². The molecule has 0 aliphatic carbocycles. The van der Waals surface area contributed by atoms with Gasteiger partial charge in [0, 0.05) is 23.9 Å². The molecule has 12 heteroatoms. The number of hydrogen-bond acceptors (Lipinski definition) is 7. The van der Waals surface area contributed by atoms with Crippen LogP contribution in [0.1, 0.15) is 16.3 Å². The van der Waals surface area contributed by atoms with E-state index in [0.29, 0.717) is 16.0 Å². The highest BCUT2D eigenvalue weighted by Gasteiger charge is 2.36. The average molecular weight is 433 g/mol. The Balaban J connectivity index is 1.74. The first kappa shape index (κ1) is 20.2. The molecule has 3 aromatic heterocycles. The molecule has 1 aromatic carbocycles.